The molecule has 1 heterocycles. The van der Waals surface area contributed by atoms with Crippen molar-refractivity contribution in [2.45, 2.75) is 4.90 Å². The second-order valence-electron chi connectivity index (χ2n) is 4.75. The second-order valence-corrected chi connectivity index (χ2v) is 6.17. The van der Waals surface area contributed by atoms with E-state index in [2.05, 4.69) is 10.4 Å². The van der Waals surface area contributed by atoms with Crippen LogP contribution >= 0.6 is 23.4 Å². The lowest BCUT2D eigenvalue weighted by Gasteiger charge is -2.04. The van der Waals surface area contributed by atoms with Crippen LogP contribution in [0.1, 0.15) is 0 Å². The van der Waals surface area contributed by atoms with Gasteiger partial charge < -0.3 is 5.32 Å². The fourth-order valence-corrected chi connectivity index (χ4v) is 3.04. The molecular weight excluding hydrogens is 330 g/mol. The molecule has 0 spiro atoms. The largest absolute Gasteiger partial charge is 0.308 e. The lowest BCUT2D eigenvalue weighted by molar-refractivity contribution is -0.113. The van der Waals surface area contributed by atoms with Crippen molar-refractivity contribution >= 4 is 35.1 Å². The summed E-state index contributed by atoms with van der Waals surface area (Å²) in [5, 5.41) is 7.78. The van der Waals surface area contributed by atoms with Crippen molar-refractivity contribution in [3.8, 4) is 5.69 Å². The Kier molecular flexibility index (Phi) is 5.00. The number of hydrogen-bond acceptors (Lipinski definition) is 3. The molecular formula is C17H14ClN3OS. The zero-order valence-corrected chi connectivity index (χ0v) is 13.7. The third kappa shape index (κ3) is 4.15. The number of thioether (sulfide) groups is 1. The van der Waals surface area contributed by atoms with Gasteiger partial charge in [0.2, 0.25) is 5.91 Å². The van der Waals surface area contributed by atoms with Crippen molar-refractivity contribution in [2.24, 2.45) is 0 Å². The number of amides is 1. The van der Waals surface area contributed by atoms with Crippen LogP contribution in [0.15, 0.2) is 71.8 Å². The summed E-state index contributed by atoms with van der Waals surface area (Å²) < 4.78 is 1.72. The van der Waals surface area contributed by atoms with E-state index in [-0.39, 0.29) is 11.7 Å². The van der Waals surface area contributed by atoms with E-state index in [1.165, 1.54) is 11.8 Å². The average Bonchev–Trinajstić information content (AvgIpc) is 3.03. The first-order chi connectivity index (χ1) is 11.2. The number of carbonyl (C=O) groups is 1. The van der Waals surface area contributed by atoms with E-state index in [1.54, 1.807) is 10.7 Å². The van der Waals surface area contributed by atoms with Gasteiger partial charge in [0, 0.05) is 17.2 Å². The summed E-state index contributed by atoms with van der Waals surface area (Å²) in [5.74, 6) is 0.689. The normalized spacial score (nSPS) is 10.5. The van der Waals surface area contributed by atoms with E-state index in [1.807, 2.05) is 60.8 Å². The molecule has 0 aliphatic carbocycles. The summed E-state index contributed by atoms with van der Waals surface area (Å²) in [7, 11) is 0. The predicted octanol–water partition coefficient (Wildman–Crippen LogP) is 4.26. The molecule has 3 rings (SSSR count). The third-order valence-corrected chi connectivity index (χ3v) is 4.59. The average molecular weight is 344 g/mol. The number of rotatable bonds is 5. The molecule has 0 saturated carbocycles. The van der Waals surface area contributed by atoms with E-state index >= 15 is 0 Å². The van der Waals surface area contributed by atoms with Gasteiger partial charge in [-0.1, -0.05) is 41.9 Å². The van der Waals surface area contributed by atoms with Crippen LogP contribution in [-0.4, -0.2) is 21.4 Å². The Bertz CT molecular complexity index is 804. The summed E-state index contributed by atoms with van der Waals surface area (Å²) in [6, 6.07) is 19.0. The number of para-hydroxylation sites is 1. The van der Waals surface area contributed by atoms with E-state index < -0.39 is 0 Å². The van der Waals surface area contributed by atoms with Gasteiger partial charge in [0.05, 0.1) is 16.5 Å². The maximum atomic E-state index is 12.0. The molecule has 1 amide bonds. The highest BCUT2D eigenvalue weighted by Crippen LogP contribution is 2.26. The number of nitrogens with one attached hydrogen (secondary N) is 1. The molecule has 0 bridgehead atoms. The van der Waals surface area contributed by atoms with Crippen molar-refractivity contribution < 1.29 is 4.79 Å². The van der Waals surface area contributed by atoms with Crippen LogP contribution in [0.3, 0.4) is 0 Å². The SMILES string of the molecule is O=C(CSc1ccccc1Cl)Nc1ccn(-c2ccccc2)n1. The minimum Gasteiger partial charge on any atom is -0.308 e. The molecule has 2 aromatic carbocycles. The molecule has 1 aromatic heterocycles. The Morgan fingerprint density at radius 1 is 1.09 bits per heavy atom. The first-order valence-electron chi connectivity index (χ1n) is 7.00. The molecule has 23 heavy (non-hydrogen) atoms. The van der Waals surface area contributed by atoms with E-state index in [4.69, 9.17) is 11.6 Å². The lowest BCUT2D eigenvalue weighted by Crippen LogP contribution is -2.14. The first kappa shape index (κ1) is 15.6. The van der Waals surface area contributed by atoms with Crippen LogP contribution in [0.25, 0.3) is 5.69 Å². The minimum atomic E-state index is -0.117. The Hall–Kier alpha value is -2.24. The van der Waals surface area contributed by atoms with E-state index in [0.717, 1.165) is 10.6 Å². The minimum absolute atomic E-state index is 0.117. The quantitative estimate of drug-likeness (QED) is 0.704. The van der Waals surface area contributed by atoms with Crippen molar-refractivity contribution in [3.63, 3.8) is 0 Å². The highest BCUT2D eigenvalue weighted by Gasteiger charge is 2.08. The van der Waals surface area contributed by atoms with Gasteiger partial charge in [-0.15, -0.1) is 11.8 Å². The summed E-state index contributed by atoms with van der Waals surface area (Å²) in [5.41, 5.74) is 0.943. The molecule has 0 radical (unpaired) electrons. The van der Waals surface area contributed by atoms with Crippen LogP contribution < -0.4 is 5.32 Å². The number of benzene rings is 2. The summed E-state index contributed by atoms with van der Waals surface area (Å²) >= 11 is 7.47. The first-order valence-corrected chi connectivity index (χ1v) is 8.37. The summed E-state index contributed by atoms with van der Waals surface area (Å²) in [4.78, 5) is 12.9. The van der Waals surface area contributed by atoms with Gasteiger partial charge in [-0.25, -0.2) is 4.68 Å². The van der Waals surface area contributed by atoms with Gasteiger partial charge in [-0.2, -0.15) is 5.10 Å². The molecule has 3 aromatic rings. The van der Waals surface area contributed by atoms with Crippen LogP contribution in [0, 0.1) is 0 Å². The topological polar surface area (TPSA) is 46.9 Å². The van der Waals surface area contributed by atoms with Gasteiger partial charge in [-0.3, -0.25) is 4.79 Å². The number of halogens is 1. The Morgan fingerprint density at radius 3 is 2.61 bits per heavy atom. The van der Waals surface area contributed by atoms with Gasteiger partial charge in [-0.05, 0) is 24.3 Å². The third-order valence-electron chi connectivity index (χ3n) is 3.07. The predicted molar refractivity (Wildman–Crippen MR) is 94.4 cm³/mol. The van der Waals surface area contributed by atoms with Crippen molar-refractivity contribution in [1.82, 2.24) is 9.78 Å². The standard InChI is InChI=1S/C17H14ClN3OS/c18-14-8-4-5-9-15(14)23-12-17(22)19-16-10-11-21(20-16)13-6-2-1-3-7-13/h1-11H,12H2,(H,19,20,22). The van der Waals surface area contributed by atoms with Gasteiger partial charge in [0.1, 0.15) is 0 Å². The molecule has 116 valence electrons. The number of aromatic nitrogens is 2. The summed E-state index contributed by atoms with van der Waals surface area (Å²) in [6.07, 6.45) is 1.81. The van der Waals surface area contributed by atoms with Crippen molar-refractivity contribution in [3.05, 3.63) is 71.9 Å². The second kappa shape index (κ2) is 7.35. The zero-order chi connectivity index (χ0) is 16.1. The number of nitrogens with zero attached hydrogens (tertiary/aromatic N) is 2. The number of carbonyl (C=O) groups excluding carboxylic acids is 1. The van der Waals surface area contributed by atoms with Crippen LogP contribution in [0.5, 0.6) is 0 Å². The van der Waals surface area contributed by atoms with Crippen molar-refractivity contribution in [2.75, 3.05) is 11.1 Å². The van der Waals surface area contributed by atoms with Crippen LogP contribution in [0.4, 0.5) is 5.82 Å². The molecule has 0 saturated heterocycles. The highest BCUT2D eigenvalue weighted by atomic mass is 35.5. The fraction of sp³-hybridized carbons (Fsp3) is 0.0588. The molecule has 0 atom stereocenters. The zero-order valence-electron chi connectivity index (χ0n) is 12.1. The number of hydrogen-bond donors (Lipinski definition) is 1. The monoisotopic (exact) mass is 343 g/mol. The highest BCUT2D eigenvalue weighted by molar-refractivity contribution is 8.00. The Labute approximate surface area is 143 Å². The van der Waals surface area contributed by atoms with Gasteiger partial charge in [0.25, 0.3) is 0 Å². The van der Waals surface area contributed by atoms with Gasteiger partial charge in [0.15, 0.2) is 5.82 Å². The molecule has 6 heteroatoms. The maximum absolute atomic E-state index is 12.0. The van der Waals surface area contributed by atoms with Gasteiger partial charge >= 0.3 is 0 Å². The lowest BCUT2D eigenvalue weighted by atomic mass is 10.3. The smallest absolute Gasteiger partial charge is 0.235 e. The number of anilines is 1. The molecule has 0 aliphatic rings. The van der Waals surface area contributed by atoms with E-state index in [0.29, 0.717) is 10.8 Å². The fourth-order valence-electron chi connectivity index (χ4n) is 2.00. The molecule has 1 N–H and O–H groups in total. The molecule has 4 nitrogen and oxygen atoms in total. The molecule has 0 fully saturated rings. The molecule has 0 aliphatic heterocycles. The maximum Gasteiger partial charge on any atom is 0.235 e. The Morgan fingerprint density at radius 2 is 1.83 bits per heavy atom. The molecule has 0 unspecified atom stereocenters. The van der Waals surface area contributed by atoms with Crippen LogP contribution in [0.2, 0.25) is 5.02 Å². The van der Waals surface area contributed by atoms with Crippen LogP contribution in [-0.2, 0) is 4.79 Å². The van der Waals surface area contributed by atoms with Crippen molar-refractivity contribution in [1.29, 1.82) is 0 Å². The van der Waals surface area contributed by atoms with E-state index in [9.17, 15) is 4.79 Å². The summed E-state index contributed by atoms with van der Waals surface area (Å²) in [6.45, 7) is 0. The Balaban J connectivity index is 1.58.